The van der Waals surface area contributed by atoms with Crippen LogP contribution < -0.4 is 5.43 Å². The Morgan fingerprint density at radius 1 is 1.04 bits per heavy atom. The van der Waals surface area contributed by atoms with Gasteiger partial charge >= 0.3 is 0 Å². The zero-order chi connectivity index (χ0) is 17.1. The Balaban J connectivity index is 1.65. The number of amides is 2. The molecule has 124 valence electrons. The van der Waals surface area contributed by atoms with Crippen molar-refractivity contribution in [3.05, 3.63) is 57.8 Å². The van der Waals surface area contributed by atoms with Gasteiger partial charge in [0.15, 0.2) is 5.69 Å². The van der Waals surface area contributed by atoms with Crippen molar-refractivity contribution in [2.24, 2.45) is 0 Å². The van der Waals surface area contributed by atoms with Crippen LogP contribution in [0.1, 0.15) is 26.5 Å². The Morgan fingerprint density at radius 3 is 2.21 bits per heavy atom. The molecule has 1 aliphatic rings. The first-order chi connectivity index (χ1) is 11.6. The first-order valence-corrected chi connectivity index (χ1v) is 7.61. The fourth-order valence-corrected chi connectivity index (χ4v) is 2.59. The van der Waals surface area contributed by atoms with Gasteiger partial charge in [-0.05, 0) is 19.1 Å². The highest BCUT2D eigenvalue weighted by atomic mass is 16.2. The number of carbonyl (C=O) groups is 2. The Kier molecular flexibility index (Phi) is 4.37. The van der Waals surface area contributed by atoms with Crippen molar-refractivity contribution in [2.45, 2.75) is 6.92 Å². The summed E-state index contributed by atoms with van der Waals surface area (Å²) in [5, 5.41) is 6.48. The van der Waals surface area contributed by atoms with Crippen LogP contribution in [0.15, 0.2) is 35.4 Å². The second kappa shape index (κ2) is 6.61. The summed E-state index contributed by atoms with van der Waals surface area (Å²) < 4.78 is 0. The second-order valence-electron chi connectivity index (χ2n) is 5.58. The van der Waals surface area contributed by atoms with Crippen molar-refractivity contribution >= 4 is 11.8 Å². The Hall–Kier alpha value is -3.03. The van der Waals surface area contributed by atoms with Crippen molar-refractivity contribution in [1.82, 2.24) is 25.0 Å². The Morgan fingerprint density at radius 2 is 1.62 bits per heavy atom. The minimum absolute atomic E-state index is 0.0872. The van der Waals surface area contributed by atoms with Crippen LogP contribution in [0.3, 0.4) is 0 Å². The first-order valence-electron chi connectivity index (χ1n) is 7.61. The van der Waals surface area contributed by atoms with Gasteiger partial charge in [-0.1, -0.05) is 0 Å². The van der Waals surface area contributed by atoms with E-state index in [0.29, 0.717) is 37.4 Å². The van der Waals surface area contributed by atoms with E-state index in [2.05, 4.69) is 15.2 Å². The molecule has 0 bridgehead atoms. The molecule has 8 nitrogen and oxygen atoms in total. The molecule has 24 heavy (non-hydrogen) atoms. The fourth-order valence-electron chi connectivity index (χ4n) is 2.59. The summed E-state index contributed by atoms with van der Waals surface area (Å²) in [5.41, 5.74) is 0.659. The summed E-state index contributed by atoms with van der Waals surface area (Å²) >= 11 is 0. The number of rotatable bonds is 2. The SMILES string of the molecule is Cc1cc(=O)c(C(=O)N2CCN(C(=O)c3ccncc3)CC2)n[nH]1. The quantitative estimate of drug-likeness (QED) is 0.841. The lowest BCUT2D eigenvalue weighted by Gasteiger charge is -2.34. The first kappa shape index (κ1) is 15.9. The van der Waals surface area contributed by atoms with E-state index in [1.54, 1.807) is 41.2 Å². The number of carbonyl (C=O) groups excluding carboxylic acids is 2. The zero-order valence-corrected chi connectivity index (χ0v) is 13.2. The minimum atomic E-state index is -0.410. The van der Waals surface area contributed by atoms with Crippen LogP contribution in [-0.2, 0) is 0 Å². The van der Waals surface area contributed by atoms with Crippen molar-refractivity contribution < 1.29 is 9.59 Å². The number of aromatic nitrogens is 3. The maximum atomic E-state index is 12.4. The fraction of sp³-hybridized carbons (Fsp3) is 0.312. The van der Waals surface area contributed by atoms with E-state index in [0.717, 1.165) is 0 Å². The van der Waals surface area contributed by atoms with Gasteiger partial charge < -0.3 is 9.80 Å². The van der Waals surface area contributed by atoms with Crippen molar-refractivity contribution in [3.63, 3.8) is 0 Å². The summed E-state index contributed by atoms with van der Waals surface area (Å²) in [4.78, 5) is 43.8. The van der Waals surface area contributed by atoms with Crippen LogP contribution >= 0.6 is 0 Å². The molecule has 2 aromatic heterocycles. The largest absolute Gasteiger partial charge is 0.335 e. The van der Waals surface area contributed by atoms with Gasteiger partial charge in [0.1, 0.15) is 0 Å². The van der Waals surface area contributed by atoms with E-state index < -0.39 is 11.3 Å². The van der Waals surface area contributed by atoms with Gasteiger partial charge in [-0.2, -0.15) is 5.10 Å². The van der Waals surface area contributed by atoms with Gasteiger partial charge in [0.2, 0.25) is 5.43 Å². The second-order valence-corrected chi connectivity index (χ2v) is 5.58. The zero-order valence-electron chi connectivity index (χ0n) is 13.2. The van der Waals surface area contributed by atoms with E-state index >= 15 is 0 Å². The molecular weight excluding hydrogens is 310 g/mol. The molecule has 2 aromatic rings. The third-order valence-electron chi connectivity index (χ3n) is 3.91. The molecule has 0 spiro atoms. The lowest BCUT2D eigenvalue weighted by molar-refractivity contribution is 0.0530. The number of H-pyrrole nitrogens is 1. The summed E-state index contributed by atoms with van der Waals surface area (Å²) in [5.74, 6) is -0.497. The standard InChI is InChI=1S/C16H17N5O3/c1-11-10-13(22)14(19-18-11)16(24)21-8-6-20(7-9-21)15(23)12-2-4-17-5-3-12/h2-5,10H,6-9H2,1H3,(H,18,22). The normalized spacial score (nSPS) is 14.5. The third kappa shape index (κ3) is 3.17. The highest BCUT2D eigenvalue weighted by molar-refractivity contribution is 5.95. The number of hydrogen-bond acceptors (Lipinski definition) is 5. The van der Waals surface area contributed by atoms with E-state index in [-0.39, 0.29) is 11.6 Å². The van der Waals surface area contributed by atoms with Crippen molar-refractivity contribution in [3.8, 4) is 0 Å². The third-order valence-corrected chi connectivity index (χ3v) is 3.91. The molecule has 0 saturated carbocycles. The average Bonchev–Trinajstić information content (AvgIpc) is 2.61. The van der Waals surface area contributed by atoms with E-state index in [4.69, 9.17) is 0 Å². The molecule has 1 saturated heterocycles. The maximum absolute atomic E-state index is 12.4. The van der Waals surface area contributed by atoms with Crippen LogP contribution in [-0.4, -0.2) is 63.0 Å². The summed E-state index contributed by atoms with van der Waals surface area (Å²) in [7, 11) is 0. The number of aryl methyl sites for hydroxylation is 1. The summed E-state index contributed by atoms with van der Waals surface area (Å²) in [6.45, 7) is 3.26. The Bertz CT molecular complexity index is 810. The van der Waals surface area contributed by atoms with Crippen LogP contribution in [0.5, 0.6) is 0 Å². The van der Waals surface area contributed by atoms with Gasteiger partial charge in [0.05, 0.1) is 0 Å². The summed E-state index contributed by atoms with van der Waals surface area (Å²) in [6, 6.07) is 4.68. The van der Waals surface area contributed by atoms with Crippen molar-refractivity contribution in [2.75, 3.05) is 26.2 Å². The molecule has 1 fully saturated rings. The minimum Gasteiger partial charge on any atom is -0.335 e. The number of pyridine rings is 1. The highest BCUT2D eigenvalue weighted by Crippen LogP contribution is 2.09. The molecule has 0 radical (unpaired) electrons. The van der Waals surface area contributed by atoms with E-state index in [1.807, 2.05) is 0 Å². The van der Waals surface area contributed by atoms with Crippen molar-refractivity contribution in [1.29, 1.82) is 0 Å². The predicted octanol–water partition coefficient (Wildman–Crippen LogP) is 0.0715. The molecule has 3 rings (SSSR count). The van der Waals surface area contributed by atoms with Crippen LogP contribution in [0.4, 0.5) is 0 Å². The predicted molar refractivity (Wildman–Crippen MR) is 85.6 cm³/mol. The number of nitrogens with one attached hydrogen (secondary N) is 1. The monoisotopic (exact) mass is 327 g/mol. The smallest absolute Gasteiger partial charge is 0.278 e. The van der Waals surface area contributed by atoms with Gasteiger partial charge in [-0.25, -0.2) is 0 Å². The lowest BCUT2D eigenvalue weighted by atomic mass is 10.2. The molecule has 1 N–H and O–H groups in total. The number of hydrogen-bond donors (Lipinski definition) is 1. The molecule has 3 heterocycles. The number of piperazine rings is 1. The molecule has 0 unspecified atom stereocenters. The Labute approximate surface area is 138 Å². The van der Waals surface area contributed by atoms with Gasteiger partial charge in [0, 0.05) is 55.9 Å². The molecular formula is C16H17N5O3. The summed E-state index contributed by atoms with van der Waals surface area (Å²) in [6.07, 6.45) is 3.14. The number of nitrogens with zero attached hydrogens (tertiary/aromatic N) is 4. The lowest BCUT2D eigenvalue weighted by Crippen LogP contribution is -2.51. The molecule has 0 atom stereocenters. The van der Waals surface area contributed by atoms with E-state index in [9.17, 15) is 14.4 Å². The average molecular weight is 327 g/mol. The van der Waals surface area contributed by atoms with Gasteiger partial charge in [0.25, 0.3) is 11.8 Å². The van der Waals surface area contributed by atoms with Crippen LogP contribution in [0.25, 0.3) is 0 Å². The topological polar surface area (TPSA) is 99.3 Å². The molecule has 2 amide bonds. The molecule has 0 aromatic carbocycles. The molecule has 8 heteroatoms. The molecule has 0 aliphatic carbocycles. The number of aromatic amines is 1. The maximum Gasteiger partial charge on any atom is 0.278 e. The van der Waals surface area contributed by atoms with Crippen LogP contribution in [0, 0.1) is 6.92 Å². The van der Waals surface area contributed by atoms with E-state index in [1.165, 1.54) is 6.07 Å². The van der Waals surface area contributed by atoms with Crippen LogP contribution in [0.2, 0.25) is 0 Å². The van der Waals surface area contributed by atoms with Gasteiger partial charge in [-0.3, -0.25) is 24.5 Å². The molecule has 1 aliphatic heterocycles. The van der Waals surface area contributed by atoms with Gasteiger partial charge in [-0.15, -0.1) is 0 Å². The highest BCUT2D eigenvalue weighted by Gasteiger charge is 2.27.